The standard InChI is InChI=1S/C11H19FN2O2/c1-8(11(15)16-3)4-5-10(12)6-7-14-9(2)13/h6,8H,4-5,7H2,1-3H3,(H2,13,14). The Kier molecular flexibility index (Phi) is 7.16. The summed E-state index contributed by atoms with van der Waals surface area (Å²) in [7, 11) is 1.32. The second kappa shape index (κ2) is 7.84. The summed E-state index contributed by atoms with van der Waals surface area (Å²) in [4.78, 5) is 14.9. The van der Waals surface area contributed by atoms with Crippen LogP contribution in [0.2, 0.25) is 0 Å². The van der Waals surface area contributed by atoms with Gasteiger partial charge in [0.25, 0.3) is 0 Å². The van der Waals surface area contributed by atoms with Gasteiger partial charge in [-0.3, -0.25) is 9.79 Å². The molecule has 0 spiro atoms. The summed E-state index contributed by atoms with van der Waals surface area (Å²) in [6.45, 7) is 3.59. The Morgan fingerprint density at radius 2 is 2.25 bits per heavy atom. The van der Waals surface area contributed by atoms with E-state index in [9.17, 15) is 9.18 Å². The minimum absolute atomic E-state index is 0.218. The van der Waals surface area contributed by atoms with Crippen molar-refractivity contribution in [2.24, 2.45) is 16.6 Å². The van der Waals surface area contributed by atoms with Crippen molar-refractivity contribution >= 4 is 11.8 Å². The normalized spacial score (nSPS) is 14.8. The van der Waals surface area contributed by atoms with E-state index in [1.807, 2.05) is 0 Å². The number of carbonyl (C=O) groups excluding carboxylic acids is 1. The molecule has 0 rings (SSSR count). The van der Waals surface area contributed by atoms with Crippen LogP contribution in [0.3, 0.4) is 0 Å². The number of allylic oxidation sites excluding steroid dienone is 1. The Morgan fingerprint density at radius 3 is 2.75 bits per heavy atom. The van der Waals surface area contributed by atoms with Gasteiger partial charge in [0, 0.05) is 0 Å². The van der Waals surface area contributed by atoms with E-state index in [0.717, 1.165) is 0 Å². The Morgan fingerprint density at radius 1 is 1.62 bits per heavy atom. The molecule has 1 unspecified atom stereocenters. The zero-order valence-electron chi connectivity index (χ0n) is 10.00. The fourth-order valence-electron chi connectivity index (χ4n) is 1.06. The van der Waals surface area contributed by atoms with Crippen molar-refractivity contribution in [2.75, 3.05) is 13.7 Å². The fraction of sp³-hybridized carbons (Fsp3) is 0.636. The van der Waals surface area contributed by atoms with Crippen LogP contribution in [-0.2, 0) is 9.53 Å². The van der Waals surface area contributed by atoms with E-state index < -0.39 is 0 Å². The van der Waals surface area contributed by atoms with Crippen LogP contribution in [0.5, 0.6) is 0 Å². The number of aliphatic imine (C=N–C) groups is 1. The molecule has 0 saturated carbocycles. The number of hydrogen-bond donors (Lipinski definition) is 1. The molecule has 1 atom stereocenters. The molecule has 0 bridgehead atoms. The molecule has 5 heteroatoms. The first kappa shape index (κ1) is 14.6. The number of amidine groups is 1. The average molecular weight is 230 g/mol. The van der Waals surface area contributed by atoms with E-state index >= 15 is 0 Å². The maximum Gasteiger partial charge on any atom is 0.308 e. The summed E-state index contributed by atoms with van der Waals surface area (Å²) in [5.74, 6) is -0.458. The van der Waals surface area contributed by atoms with Gasteiger partial charge in [-0.15, -0.1) is 0 Å². The molecule has 0 radical (unpaired) electrons. The van der Waals surface area contributed by atoms with E-state index in [4.69, 9.17) is 5.73 Å². The maximum absolute atomic E-state index is 13.2. The van der Waals surface area contributed by atoms with Gasteiger partial charge in [0.2, 0.25) is 0 Å². The zero-order chi connectivity index (χ0) is 12.6. The van der Waals surface area contributed by atoms with Crippen LogP contribution in [-0.4, -0.2) is 25.5 Å². The smallest absolute Gasteiger partial charge is 0.308 e. The summed E-state index contributed by atoms with van der Waals surface area (Å²) >= 11 is 0. The Labute approximate surface area is 95.4 Å². The number of esters is 1. The van der Waals surface area contributed by atoms with Crippen LogP contribution in [0.25, 0.3) is 0 Å². The molecule has 2 N–H and O–H groups in total. The summed E-state index contributed by atoms with van der Waals surface area (Å²) in [5.41, 5.74) is 5.30. The Balaban J connectivity index is 3.92. The number of methoxy groups -OCH3 is 1. The number of rotatable bonds is 6. The predicted molar refractivity (Wildman–Crippen MR) is 61.8 cm³/mol. The topological polar surface area (TPSA) is 64.7 Å². The highest BCUT2D eigenvalue weighted by Gasteiger charge is 2.13. The van der Waals surface area contributed by atoms with E-state index in [2.05, 4.69) is 9.73 Å². The summed E-state index contributed by atoms with van der Waals surface area (Å²) in [6.07, 6.45) is 2.01. The Bertz CT molecular complexity index is 284. The van der Waals surface area contributed by atoms with Gasteiger partial charge < -0.3 is 10.5 Å². The molecule has 0 saturated heterocycles. The lowest BCUT2D eigenvalue weighted by Crippen LogP contribution is -2.12. The first-order chi connectivity index (χ1) is 7.47. The van der Waals surface area contributed by atoms with Crippen LogP contribution in [0, 0.1) is 5.92 Å². The highest BCUT2D eigenvalue weighted by molar-refractivity contribution is 5.77. The van der Waals surface area contributed by atoms with Gasteiger partial charge >= 0.3 is 5.97 Å². The highest BCUT2D eigenvalue weighted by atomic mass is 19.1. The first-order valence-corrected chi connectivity index (χ1v) is 5.16. The number of ether oxygens (including phenoxy) is 1. The molecule has 16 heavy (non-hydrogen) atoms. The number of halogens is 1. The molecule has 0 aliphatic heterocycles. The largest absolute Gasteiger partial charge is 0.469 e. The quantitative estimate of drug-likeness (QED) is 0.430. The second-order valence-corrected chi connectivity index (χ2v) is 3.60. The minimum Gasteiger partial charge on any atom is -0.469 e. The molecule has 4 nitrogen and oxygen atoms in total. The SMILES string of the molecule is COC(=O)C(C)CCC(F)=CCN=C(C)N. The van der Waals surface area contributed by atoms with Crippen molar-refractivity contribution in [1.29, 1.82) is 0 Å². The third-order valence-electron chi connectivity index (χ3n) is 2.07. The molecule has 0 aromatic carbocycles. The van der Waals surface area contributed by atoms with Crippen molar-refractivity contribution < 1.29 is 13.9 Å². The van der Waals surface area contributed by atoms with E-state index in [-0.39, 0.29) is 30.7 Å². The van der Waals surface area contributed by atoms with Crippen molar-refractivity contribution in [1.82, 2.24) is 0 Å². The molecule has 0 aliphatic rings. The molecule has 0 aliphatic carbocycles. The van der Waals surface area contributed by atoms with Crippen molar-refractivity contribution in [3.63, 3.8) is 0 Å². The van der Waals surface area contributed by atoms with Crippen molar-refractivity contribution in [2.45, 2.75) is 26.7 Å². The minimum atomic E-state index is -0.316. The average Bonchev–Trinajstić information content (AvgIpc) is 2.24. The first-order valence-electron chi connectivity index (χ1n) is 5.16. The zero-order valence-corrected chi connectivity index (χ0v) is 10.00. The number of nitrogens with two attached hydrogens (primary N) is 1. The van der Waals surface area contributed by atoms with Gasteiger partial charge in [0.1, 0.15) is 0 Å². The molecule has 92 valence electrons. The third-order valence-corrected chi connectivity index (χ3v) is 2.07. The lowest BCUT2D eigenvalue weighted by Gasteiger charge is -2.07. The molecule has 0 aromatic heterocycles. The fourth-order valence-corrected chi connectivity index (χ4v) is 1.06. The van der Waals surface area contributed by atoms with Crippen LogP contribution < -0.4 is 5.73 Å². The Hall–Kier alpha value is -1.39. The summed E-state index contributed by atoms with van der Waals surface area (Å²) in [5, 5.41) is 0. The second-order valence-electron chi connectivity index (χ2n) is 3.60. The van der Waals surface area contributed by atoms with Crippen molar-refractivity contribution in [3.8, 4) is 0 Å². The highest BCUT2D eigenvalue weighted by Crippen LogP contribution is 2.13. The van der Waals surface area contributed by atoms with Crippen LogP contribution in [0.15, 0.2) is 16.9 Å². The van der Waals surface area contributed by atoms with Gasteiger partial charge in [0.05, 0.1) is 31.2 Å². The van der Waals surface area contributed by atoms with E-state index in [1.165, 1.54) is 13.2 Å². The molecule has 0 heterocycles. The van der Waals surface area contributed by atoms with Crippen LogP contribution in [0.4, 0.5) is 4.39 Å². The monoisotopic (exact) mass is 230 g/mol. The number of hydrogen-bond acceptors (Lipinski definition) is 3. The lowest BCUT2D eigenvalue weighted by atomic mass is 10.1. The predicted octanol–water partition coefficient (Wildman–Crippen LogP) is 1.81. The molecule has 0 fully saturated rings. The van der Waals surface area contributed by atoms with Crippen molar-refractivity contribution in [3.05, 3.63) is 11.9 Å². The number of nitrogens with zero attached hydrogens (tertiary/aromatic N) is 1. The molecular weight excluding hydrogens is 211 g/mol. The third kappa shape index (κ3) is 6.98. The summed E-state index contributed by atoms with van der Waals surface area (Å²) in [6, 6.07) is 0. The molecule has 0 aromatic rings. The maximum atomic E-state index is 13.2. The molecular formula is C11H19FN2O2. The van der Waals surface area contributed by atoms with Gasteiger partial charge in [-0.25, -0.2) is 4.39 Å². The van der Waals surface area contributed by atoms with Gasteiger partial charge in [0.15, 0.2) is 0 Å². The van der Waals surface area contributed by atoms with Crippen LogP contribution in [0.1, 0.15) is 26.7 Å². The van der Waals surface area contributed by atoms with E-state index in [1.54, 1.807) is 13.8 Å². The van der Waals surface area contributed by atoms with Gasteiger partial charge in [-0.05, 0) is 25.8 Å². The van der Waals surface area contributed by atoms with E-state index in [0.29, 0.717) is 12.3 Å². The lowest BCUT2D eigenvalue weighted by molar-refractivity contribution is -0.145. The number of carbonyl (C=O) groups is 1. The van der Waals surface area contributed by atoms with Gasteiger partial charge in [-0.2, -0.15) is 0 Å². The summed E-state index contributed by atoms with van der Waals surface area (Å²) < 4.78 is 17.7. The molecule has 0 amide bonds. The van der Waals surface area contributed by atoms with Gasteiger partial charge in [-0.1, -0.05) is 6.92 Å². The van der Waals surface area contributed by atoms with Crippen LogP contribution >= 0.6 is 0 Å².